The fourth-order valence-corrected chi connectivity index (χ4v) is 2.47. The number of rotatable bonds is 5. The number of alkyl halides is 1. The van der Waals surface area contributed by atoms with Gasteiger partial charge in [0.25, 0.3) is 0 Å². The molecule has 0 radical (unpaired) electrons. The molecule has 0 amide bonds. The molecule has 0 aliphatic heterocycles. The lowest BCUT2D eigenvalue weighted by Crippen LogP contribution is -2.43. The Kier molecular flexibility index (Phi) is 4.76. The maximum atomic E-state index is 11.3. The van der Waals surface area contributed by atoms with Gasteiger partial charge in [-0.25, -0.2) is 8.42 Å². The van der Waals surface area contributed by atoms with Gasteiger partial charge in [0.2, 0.25) is 10.0 Å². The molecule has 0 aromatic rings. The Morgan fingerprint density at radius 2 is 2.08 bits per heavy atom. The fourth-order valence-electron chi connectivity index (χ4n) is 0.714. The Labute approximate surface area is 84.9 Å². The third-order valence-corrected chi connectivity index (χ3v) is 3.23. The summed E-state index contributed by atoms with van der Waals surface area (Å²) in [6.07, 6.45) is 5.57. The van der Waals surface area contributed by atoms with Gasteiger partial charge in [-0.3, -0.25) is 0 Å². The summed E-state index contributed by atoms with van der Waals surface area (Å²) >= 11 is 5.38. The zero-order valence-electron chi connectivity index (χ0n) is 7.80. The van der Waals surface area contributed by atoms with E-state index in [9.17, 15) is 8.42 Å². The Balaban J connectivity index is 4.28. The molecule has 0 aromatic heterocycles. The zero-order chi connectivity index (χ0) is 10.5. The molecule has 0 aromatic carbocycles. The lowest BCUT2D eigenvalue weighted by Gasteiger charge is -2.19. The van der Waals surface area contributed by atoms with Crippen molar-refractivity contribution in [3.63, 3.8) is 0 Å². The summed E-state index contributed by atoms with van der Waals surface area (Å²) in [7, 11) is -3.29. The van der Waals surface area contributed by atoms with Crippen LogP contribution in [0.2, 0.25) is 0 Å². The largest absolute Gasteiger partial charge is 0.212 e. The van der Waals surface area contributed by atoms with Crippen LogP contribution in [0.4, 0.5) is 0 Å². The molecule has 0 heterocycles. The van der Waals surface area contributed by atoms with Crippen LogP contribution in [0.25, 0.3) is 0 Å². The van der Waals surface area contributed by atoms with E-state index in [0.29, 0.717) is 12.3 Å². The minimum atomic E-state index is -3.29. The second-order valence-corrected chi connectivity index (χ2v) is 5.45. The van der Waals surface area contributed by atoms with Gasteiger partial charge >= 0.3 is 0 Å². The maximum Gasteiger partial charge on any atom is 0.212 e. The van der Waals surface area contributed by atoms with Crippen molar-refractivity contribution < 1.29 is 8.42 Å². The third kappa shape index (κ3) is 5.92. The second kappa shape index (κ2) is 4.85. The van der Waals surface area contributed by atoms with Gasteiger partial charge < -0.3 is 0 Å². The van der Waals surface area contributed by atoms with E-state index in [2.05, 4.69) is 10.6 Å². The topological polar surface area (TPSA) is 46.2 Å². The van der Waals surface area contributed by atoms with Crippen molar-refractivity contribution in [1.82, 2.24) is 4.72 Å². The molecule has 0 aliphatic carbocycles. The van der Waals surface area contributed by atoms with E-state index in [1.807, 2.05) is 0 Å². The van der Waals surface area contributed by atoms with Gasteiger partial charge in [-0.05, 0) is 20.3 Å². The van der Waals surface area contributed by atoms with Gasteiger partial charge in [-0.15, -0.1) is 18.0 Å². The number of hydrogen-bond acceptors (Lipinski definition) is 2. The highest BCUT2D eigenvalue weighted by atomic mass is 35.5. The van der Waals surface area contributed by atoms with Crippen LogP contribution in [0.3, 0.4) is 0 Å². The number of nitrogens with one attached hydrogen (secondary N) is 1. The summed E-state index contributed by atoms with van der Waals surface area (Å²) in [6, 6.07) is 0. The van der Waals surface area contributed by atoms with Crippen LogP contribution in [-0.2, 0) is 10.0 Å². The fraction of sp³-hybridized carbons (Fsp3) is 0.750. The molecule has 0 rings (SSSR count). The Morgan fingerprint density at radius 1 is 1.54 bits per heavy atom. The molecule has 5 heteroatoms. The molecular formula is C8H14ClNO2S. The van der Waals surface area contributed by atoms with Gasteiger partial charge in [0.05, 0.1) is 11.3 Å². The van der Waals surface area contributed by atoms with E-state index in [0.717, 1.165) is 0 Å². The van der Waals surface area contributed by atoms with E-state index in [1.54, 1.807) is 13.8 Å². The normalized spacial score (nSPS) is 12.5. The van der Waals surface area contributed by atoms with E-state index in [1.165, 1.54) is 0 Å². The number of terminal acetylenes is 1. The molecule has 0 saturated carbocycles. The summed E-state index contributed by atoms with van der Waals surface area (Å²) in [4.78, 5) is 0. The van der Waals surface area contributed by atoms with Crippen molar-refractivity contribution >= 4 is 21.6 Å². The van der Waals surface area contributed by atoms with Gasteiger partial charge in [0.1, 0.15) is 0 Å². The molecule has 0 fully saturated rings. The van der Waals surface area contributed by atoms with Crippen LogP contribution in [0.1, 0.15) is 20.3 Å². The van der Waals surface area contributed by atoms with E-state index < -0.39 is 15.6 Å². The smallest absolute Gasteiger partial charge is 0.212 e. The van der Waals surface area contributed by atoms with Gasteiger partial charge in [-0.2, -0.15) is 4.72 Å². The molecule has 3 nitrogen and oxygen atoms in total. The second-order valence-electron chi connectivity index (χ2n) is 3.23. The van der Waals surface area contributed by atoms with Crippen molar-refractivity contribution in [2.24, 2.45) is 0 Å². The Bertz CT molecular complexity index is 290. The summed E-state index contributed by atoms with van der Waals surface area (Å²) in [5, 5.41) is 0. The molecule has 13 heavy (non-hydrogen) atoms. The third-order valence-electron chi connectivity index (χ3n) is 1.32. The molecule has 0 spiro atoms. The van der Waals surface area contributed by atoms with E-state index in [4.69, 9.17) is 18.0 Å². The molecule has 0 bridgehead atoms. The average molecular weight is 224 g/mol. The van der Waals surface area contributed by atoms with Crippen LogP contribution in [0.5, 0.6) is 0 Å². The first-order chi connectivity index (χ1) is 5.83. The van der Waals surface area contributed by atoms with Crippen molar-refractivity contribution in [1.29, 1.82) is 0 Å². The SMILES string of the molecule is C#CC(C)(C)NS(=O)(=O)CCCCl. The first-order valence-corrected chi connectivity index (χ1v) is 6.07. The average Bonchev–Trinajstić information content (AvgIpc) is 1.99. The van der Waals surface area contributed by atoms with Crippen molar-refractivity contribution in [3.8, 4) is 12.3 Å². The molecule has 0 aliphatic rings. The minimum absolute atomic E-state index is 0.0155. The first kappa shape index (κ1) is 12.8. The van der Waals surface area contributed by atoms with Crippen molar-refractivity contribution in [2.45, 2.75) is 25.8 Å². The lowest BCUT2D eigenvalue weighted by molar-refractivity contribution is 0.538. The maximum absolute atomic E-state index is 11.3. The summed E-state index contributed by atoms with van der Waals surface area (Å²) < 4.78 is 25.0. The van der Waals surface area contributed by atoms with Crippen LogP contribution >= 0.6 is 11.6 Å². The number of halogens is 1. The highest BCUT2D eigenvalue weighted by Crippen LogP contribution is 2.03. The zero-order valence-corrected chi connectivity index (χ0v) is 9.37. The molecule has 1 N–H and O–H groups in total. The summed E-state index contributed by atoms with van der Waals surface area (Å²) in [6.45, 7) is 3.26. The van der Waals surface area contributed by atoms with Crippen LogP contribution in [-0.4, -0.2) is 25.6 Å². The first-order valence-electron chi connectivity index (χ1n) is 3.88. The van der Waals surface area contributed by atoms with E-state index >= 15 is 0 Å². The quantitative estimate of drug-likeness (QED) is 0.557. The lowest BCUT2D eigenvalue weighted by atomic mass is 10.1. The van der Waals surface area contributed by atoms with Crippen LogP contribution in [0.15, 0.2) is 0 Å². The standard InChI is InChI=1S/C8H14ClNO2S/c1-4-8(2,3)10-13(11,12)7-5-6-9/h1,10H,5-7H2,2-3H3. The van der Waals surface area contributed by atoms with Crippen molar-refractivity contribution in [2.75, 3.05) is 11.6 Å². The highest BCUT2D eigenvalue weighted by molar-refractivity contribution is 7.89. The predicted octanol–water partition coefficient (Wildman–Crippen LogP) is 0.946. The van der Waals surface area contributed by atoms with E-state index in [-0.39, 0.29) is 5.75 Å². The molecule has 0 unspecified atom stereocenters. The summed E-state index contributed by atoms with van der Waals surface area (Å²) in [5.74, 6) is 2.70. The monoisotopic (exact) mass is 223 g/mol. The molecule has 0 atom stereocenters. The van der Waals surface area contributed by atoms with Crippen LogP contribution < -0.4 is 4.72 Å². The Morgan fingerprint density at radius 3 is 2.46 bits per heavy atom. The van der Waals surface area contributed by atoms with Gasteiger partial charge in [0.15, 0.2) is 0 Å². The number of hydrogen-bond donors (Lipinski definition) is 1. The van der Waals surface area contributed by atoms with Crippen LogP contribution in [0, 0.1) is 12.3 Å². The van der Waals surface area contributed by atoms with Gasteiger partial charge in [0, 0.05) is 5.88 Å². The predicted molar refractivity (Wildman–Crippen MR) is 55.2 cm³/mol. The minimum Gasteiger partial charge on any atom is -0.212 e. The molecule has 76 valence electrons. The van der Waals surface area contributed by atoms with Gasteiger partial charge in [-0.1, -0.05) is 5.92 Å². The number of sulfonamides is 1. The molecule has 0 saturated heterocycles. The molecular weight excluding hydrogens is 210 g/mol. The Hall–Kier alpha value is -0.240. The highest BCUT2D eigenvalue weighted by Gasteiger charge is 2.21. The van der Waals surface area contributed by atoms with Crippen molar-refractivity contribution in [3.05, 3.63) is 0 Å². The summed E-state index contributed by atoms with van der Waals surface area (Å²) in [5.41, 5.74) is -0.828.